The molecule has 2 aromatic heterocycles. The van der Waals surface area contributed by atoms with E-state index in [1.807, 2.05) is 37.0 Å². The van der Waals surface area contributed by atoms with Crippen LogP contribution in [0.25, 0.3) is 0 Å². The molecule has 6 nitrogen and oxygen atoms in total. The van der Waals surface area contributed by atoms with Crippen LogP contribution in [0.2, 0.25) is 0 Å². The monoisotopic (exact) mass is 246 g/mol. The summed E-state index contributed by atoms with van der Waals surface area (Å²) in [5.74, 6) is 1.48. The van der Waals surface area contributed by atoms with Gasteiger partial charge in [-0.15, -0.1) is 0 Å². The van der Waals surface area contributed by atoms with E-state index < -0.39 is 0 Å². The fourth-order valence-corrected chi connectivity index (χ4v) is 1.62. The van der Waals surface area contributed by atoms with Crippen molar-refractivity contribution in [1.82, 2.24) is 19.7 Å². The zero-order valence-corrected chi connectivity index (χ0v) is 10.7. The van der Waals surface area contributed by atoms with E-state index in [9.17, 15) is 0 Å². The van der Waals surface area contributed by atoms with Gasteiger partial charge >= 0.3 is 0 Å². The first-order chi connectivity index (χ1) is 8.78. The lowest BCUT2D eigenvalue weighted by molar-refractivity contribution is 0.742. The Hall–Kier alpha value is -2.11. The SMILES string of the molecule is CCNc1nccc(NCCc2ccn(C)n2)n1. The lowest BCUT2D eigenvalue weighted by Gasteiger charge is -2.06. The fraction of sp³-hybridized carbons (Fsp3) is 0.417. The minimum absolute atomic E-state index is 0.653. The minimum Gasteiger partial charge on any atom is -0.370 e. The smallest absolute Gasteiger partial charge is 0.224 e. The molecular weight excluding hydrogens is 228 g/mol. The van der Waals surface area contributed by atoms with E-state index in [0.29, 0.717) is 5.95 Å². The predicted octanol–water partition coefficient (Wildman–Crippen LogP) is 1.30. The standard InChI is InChI=1S/C12H18N6/c1-3-13-12-15-8-5-11(16-12)14-7-4-10-6-9-18(2)17-10/h5-6,8-9H,3-4,7H2,1-2H3,(H2,13,14,15,16). The van der Waals surface area contributed by atoms with Crippen molar-refractivity contribution >= 4 is 11.8 Å². The summed E-state index contributed by atoms with van der Waals surface area (Å²) in [6.45, 7) is 3.64. The van der Waals surface area contributed by atoms with Gasteiger partial charge in [0.05, 0.1) is 5.69 Å². The molecule has 0 aliphatic carbocycles. The molecule has 0 spiro atoms. The average molecular weight is 246 g/mol. The summed E-state index contributed by atoms with van der Waals surface area (Å²) in [6.07, 6.45) is 4.57. The maximum atomic E-state index is 4.34. The fourth-order valence-electron chi connectivity index (χ4n) is 1.62. The van der Waals surface area contributed by atoms with Crippen LogP contribution in [0.5, 0.6) is 0 Å². The second kappa shape index (κ2) is 6.00. The number of nitrogens with one attached hydrogen (secondary N) is 2. The maximum Gasteiger partial charge on any atom is 0.224 e. The molecule has 0 aliphatic heterocycles. The van der Waals surface area contributed by atoms with Crippen LogP contribution in [0.3, 0.4) is 0 Å². The van der Waals surface area contributed by atoms with E-state index in [1.54, 1.807) is 6.20 Å². The van der Waals surface area contributed by atoms with Gasteiger partial charge in [-0.2, -0.15) is 10.1 Å². The van der Waals surface area contributed by atoms with Crippen LogP contribution in [0.4, 0.5) is 11.8 Å². The maximum absolute atomic E-state index is 4.34. The predicted molar refractivity (Wildman–Crippen MR) is 71.6 cm³/mol. The highest BCUT2D eigenvalue weighted by Gasteiger charge is 1.99. The highest BCUT2D eigenvalue weighted by Crippen LogP contribution is 2.05. The molecule has 0 amide bonds. The molecule has 2 N–H and O–H groups in total. The van der Waals surface area contributed by atoms with Crippen LogP contribution in [0.15, 0.2) is 24.5 Å². The number of anilines is 2. The Bertz CT molecular complexity index is 493. The van der Waals surface area contributed by atoms with Crippen molar-refractivity contribution in [2.24, 2.45) is 7.05 Å². The van der Waals surface area contributed by atoms with Gasteiger partial charge in [0.25, 0.3) is 0 Å². The van der Waals surface area contributed by atoms with Crippen molar-refractivity contribution in [2.75, 3.05) is 23.7 Å². The number of aromatic nitrogens is 4. The van der Waals surface area contributed by atoms with Crippen LogP contribution in [0.1, 0.15) is 12.6 Å². The summed E-state index contributed by atoms with van der Waals surface area (Å²) in [5, 5.41) is 10.7. The molecule has 2 heterocycles. The van der Waals surface area contributed by atoms with Crippen molar-refractivity contribution in [3.8, 4) is 0 Å². The van der Waals surface area contributed by atoms with E-state index in [1.165, 1.54) is 0 Å². The molecule has 0 atom stereocenters. The molecule has 0 aliphatic rings. The largest absolute Gasteiger partial charge is 0.370 e. The first-order valence-electron chi connectivity index (χ1n) is 6.07. The van der Waals surface area contributed by atoms with Gasteiger partial charge in [0.2, 0.25) is 5.95 Å². The van der Waals surface area contributed by atoms with E-state index in [-0.39, 0.29) is 0 Å². The summed E-state index contributed by atoms with van der Waals surface area (Å²) in [5.41, 5.74) is 1.07. The Labute approximate surface area is 106 Å². The molecule has 0 bridgehead atoms. The second-order valence-corrected chi connectivity index (χ2v) is 3.95. The number of aryl methyl sites for hydroxylation is 1. The van der Waals surface area contributed by atoms with Gasteiger partial charge in [0, 0.05) is 39.0 Å². The van der Waals surface area contributed by atoms with Crippen LogP contribution in [-0.2, 0) is 13.5 Å². The van der Waals surface area contributed by atoms with Gasteiger partial charge in [-0.05, 0) is 19.1 Å². The van der Waals surface area contributed by atoms with Crippen LogP contribution < -0.4 is 10.6 Å². The average Bonchev–Trinajstić information content (AvgIpc) is 2.76. The lowest BCUT2D eigenvalue weighted by atomic mass is 10.3. The van der Waals surface area contributed by atoms with Gasteiger partial charge in [-0.25, -0.2) is 4.98 Å². The molecule has 0 unspecified atom stereocenters. The highest BCUT2D eigenvalue weighted by molar-refractivity contribution is 5.39. The Morgan fingerprint density at radius 1 is 1.28 bits per heavy atom. The molecular formula is C12H18N6. The van der Waals surface area contributed by atoms with Crippen molar-refractivity contribution in [1.29, 1.82) is 0 Å². The third-order valence-electron chi connectivity index (χ3n) is 2.45. The van der Waals surface area contributed by atoms with Crippen LogP contribution in [0, 0.1) is 0 Å². The van der Waals surface area contributed by atoms with Gasteiger partial charge in [0.15, 0.2) is 0 Å². The van der Waals surface area contributed by atoms with Crippen molar-refractivity contribution in [3.63, 3.8) is 0 Å². The van der Waals surface area contributed by atoms with Gasteiger partial charge in [-0.3, -0.25) is 4.68 Å². The van der Waals surface area contributed by atoms with Crippen LogP contribution in [-0.4, -0.2) is 32.8 Å². The molecule has 0 saturated heterocycles. The lowest BCUT2D eigenvalue weighted by Crippen LogP contribution is -2.09. The first kappa shape index (κ1) is 12.3. The topological polar surface area (TPSA) is 67.7 Å². The zero-order valence-electron chi connectivity index (χ0n) is 10.7. The molecule has 2 rings (SSSR count). The van der Waals surface area contributed by atoms with E-state index in [2.05, 4.69) is 25.7 Å². The van der Waals surface area contributed by atoms with E-state index >= 15 is 0 Å². The summed E-state index contributed by atoms with van der Waals surface area (Å²) in [6, 6.07) is 3.88. The van der Waals surface area contributed by atoms with E-state index in [0.717, 1.165) is 31.0 Å². The van der Waals surface area contributed by atoms with Gasteiger partial charge in [0.1, 0.15) is 5.82 Å². The number of hydrogen-bond acceptors (Lipinski definition) is 5. The Balaban J connectivity index is 1.84. The van der Waals surface area contributed by atoms with Gasteiger partial charge < -0.3 is 10.6 Å². The molecule has 2 aromatic rings. The molecule has 0 fully saturated rings. The summed E-state index contributed by atoms with van der Waals surface area (Å²) < 4.78 is 1.81. The van der Waals surface area contributed by atoms with Crippen molar-refractivity contribution in [2.45, 2.75) is 13.3 Å². The summed E-state index contributed by atoms with van der Waals surface area (Å²) in [4.78, 5) is 8.46. The number of nitrogens with zero attached hydrogens (tertiary/aromatic N) is 4. The second-order valence-electron chi connectivity index (χ2n) is 3.95. The van der Waals surface area contributed by atoms with Crippen LogP contribution >= 0.6 is 0 Å². The molecule has 0 radical (unpaired) electrons. The Kier molecular flexibility index (Phi) is 4.11. The first-order valence-corrected chi connectivity index (χ1v) is 6.07. The van der Waals surface area contributed by atoms with Crippen molar-refractivity contribution < 1.29 is 0 Å². The zero-order chi connectivity index (χ0) is 12.8. The normalized spacial score (nSPS) is 10.3. The molecule has 6 heteroatoms. The third kappa shape index (κ3) is 3.44. The Morgan fingerprint density at radius 2 is 2.17 bits per heavy atom. The molecule has 0 aromatic carbocycles. The summed E-state index contributed by atoms with van der Waals surface area (Å²) >= 11 is 0. The quantitative estimate of drug-likeness (QED) is 0.804. The Morgan fingerprint density at radius 3 is 2.89 bits per heavy atom. The van der Waals surface area contributed by atoms with E-state index in [4.69, 9.17) is 0 Å². The number of hydrogen-bond donors (Lipinski definition) is 2. The molecule has 0 saturated carbocycles. The molecule has 18 heavy (non-hydrogen) atoms. The van der Waals surface area contributed by atoms with Gasteiger partial charge in [-0.1, -0.05) is 0 Å². The highest BCUT2D eigenvalue weighted by atomic mass is 15.2. The van der Waals surface area contributed by atoms with Crippen molar-refractivity contribution in [3.05, 3.63) is 30.2 Å². The summed E-state index contributed by atoms with van der Waals surface area (Å²) in [7, 11) is 1.92. The molecule has 96 valence electrons. The third-order valence-corrected chi connectivity index (χ3v) is 2.45. The minimum atomic E-state index is 0.653. The number of rotatable bonds is 6.